The van der Waals surface area contributed by atoms with Crippen LogP contribution in [0.5, 0.6) is 0 Å². The number of carbonyl (C=O) groups excluding carboxylic acids is 1. The number of carboxylic acids is 1. The third-order valence-corrected chi connectivity index (χ3v) is 17.1. The van der Waals surface area contributed by atoms with Gasteiger partial charge in [-0.3, -0.25) is 9.59 Å². The van der Waals surface area contributed by atoms with Gasteiger partial charge in [-0.05, 0) is 155 Å². The number of aryl methyl sites for hydroxylation is 4. The van der Waals surface area contributed by atoms with E-state index in [0.29, 0.717) is 57.7 Å². The summed E-state index contributed by atoms with van der Waals surface area (Å²) in [6.45, 7) is 19.6. The minimum atomic E-state index is -1.05. The number of esters is 1. The first kappa shape index (κ1) is 60.1. The van der Waals surface area contributed by atoms with E-state index in [9.17, 15) is 28.6 Å². The standard InChI is InChI=1S/C35H41FO4.C34H39FO4/c1-6-35(7-2,29-11-10-26(24(3)20-29)14-15-34(38)16-18-40-19-17-34)30-12-13-31(25(4)21-30)27-8-9-28(32(36)22-27)23-33(37)39-5;1-5-34(6-2,28-10-9-25(23(3)19-28)13-14-33(38)15-17-39-18-16-33)29-11-12-30(24(4)20-29)26-7-8-27(22-32(36)37)31(35)21-26/h8-15,20-22,38H,6-7,16-19,23H2,1-5H3;7-14,19-21,38H,5-6,15-18,22H2,1-4H3,(H,36,37)/b15-14+;14-13+. The van der Waals surface area contributed by atoms with Gasteiger partial charge >= 0.3 is 11.9 Å². The molecule has 0 aromatic heterocycles. The molecule has 8 nitrogen and oxygen atoms in total. The molecule has 10 heteroatoms. The van der Waals surface area contributed by atoms with Gasteiger partial charge in [0, 0.05) is 62.9 Å². The van der Waals surface area contributed by atoms with Crippen molar-refractivity contribution in [1.82, 2.24) is 0 Å². The molecule has 0 unspecified atom stereocenters. The van der Waals surface area contributed by atoms with Gasteiger partial charge in [-0.15, -0.1) is 0 Å². The van der Waals surface area contributed by atoms with E-state index in [4.69, 9.17) is 14.6 Å². The molecule has 0 saturated carbocycles. The topological polar surface area (TPSA) is 123 Å². The van der Waals surface area contributed by atoms with Crippen molar-refractivity contribution >= 4 is 24.1 Å². The smallest absolute Gasteiger partial charge is 0.310 e. The van der Waals surface area contributed by atoms with E-state index in [2.05, 4.69) is 126 Å². The number of halogens is 2. The number of rotatable bonds is 18. The Kier molecular flexibility index (Phi) is 19.9. The normalized spacial score (nSPS) is 15.5. The Balaban J connectivity index is 0.000000229. The Hall–Kier alpha value is -6.56. The zero-order valence-electron chi connectivity index (χ0n) is 47.7. The quantitative estimate of drug-likeness (QED) is 0.0728. The van der Waals surface area contributed by atoms with Crippen molar-refractivity contribution in [3.63, 3.8) is 0 Å². The van der Waals surface area contributed by atoms with Crippen molar-refractivity contribution in [1.29, 1.82) is 0 Å². The average molecular weight is 1080 g/mol. The van der Waals surface area contributed by atoms with E-state index in [0.717, 1.165) is 75.8 Å². The van der Waals surface area contributed by atoms with Crippen LogP contribution in [0, 0.1) is 39.3 Å². The fourth-order valence-electron chi connectivity index (χ4n) is 11.7. The number of ether oxygens (including phenoxy) is 3. The monoisotopic (exact) mass is 1070 g/mol. The van der Waals surface area contributed by atoms with Crippen LogP contribution in [0.15, 0.2) is 121 Å². The van der Waals surface area contributed by atoms with E-state index in [-0.39, 0.29) is 29.2 Å². The Bertz CT molecular complexity index is 3170. The van der Waals surface area contributed by atoms with Gasteiger partial charge in [0.25, 0.3) is 0 Å². The summed E-state index contributed by atoms with van der Waals surface area (Å²) < 4.78 is 44.8. The summed E-state index contributed by atoms with van der Waals surface area (Å²) in [6, 6.07) is 35.9. The minimum absolute atomic E-state index is 0.0834. The van der Waals surface area contributed by atoms with Crippen molar-refractivity contribution in [2.75, 3.05) is 33.5 Å². The summed E-state index contributed by atoms with van der Waals surface area (Å²) in [7, 11) is 1.30. The van der Waals surface area contributed by atoms with Crippen LogP contribution in [-0.2, 0) is 47.5 Å². The molecule has 6 aromatic rings. The Morgan fingerprint density at radius 2 is 0.886 bits per heavy atom. The van der Waals surface area contributed by atoms with Crippen LogP contribution >= 0.6 is 0 Å². The van der Waals surface area contributed by atoms with Gasteiger partial charge in [-0.1, -0.05) is 149 Å². The molecule has 6 aromatic carbocycles. The predicted octanol–water partition coefficient (Wildman–Crippen LogP) is 14.9. The molecule has 2 saturated heterocycles. The zero-order valence-corrected chi connectivity index (χ0v) is 47.7. The predicted molar refractivity (Wildman–Crippen MR) is 313 cm³/mol. The summed E-state index contributed by atoms with van der Waals surface area (Å²) in [6.07, 6.45) is 13.7. The van der Waals surface area contributed by atoms with Gasteiger partial charge < -0.3 is 29.5 Å². The fourth-order valence-corrected chi connectivity index (χ4v) is 11.7. The van der Waals surface area contributed by atoms with Gasteiger partial charge in [0.2, 0.25) is 0 Å². The first-order chi connectivity index (χ1) is 37.7. The van der Waals surface area contributed by atoms with Gasteiger partial charge in [0.15, 0.2) is 0 Å². The first-order valence-corrected chi connectivity index (χ1v) is 28.0. The van der Waals surface area contributed by atoms with Crippen LogP contribution < -0.4 is 0 Å². The lowest BCUT2D eigenvalue weighted by atomic mass is 9.69. The lowest BCUT2D eigenvalue weighted by Crippen LogP contribution is -2.33. The second kappa shape index (κ2) is 26.1. The molecular formula is C69H80F2O8. The summed E-state index contributed by atoms with van der Waals surface area (Å²) in [4.78, 5) is 22.6. The second-order valence-electron chi connectivity index (χ2n) is 21.8. The molecule has 8 rings (SSSR count). The number of aliphatic hydroxyl groups is 2. The molecule has 2 aliphatic rings. The molecule has 0 spiro atoms. The number of hydrogen-bond acceptors (Lipinski definition) is 7. The lowest BCUT2D eigenvalue weighted by molar-refractivity contribution is -0.140. The maximum atomic E-state index is 14.8. The third-order valence-electron chi connectivity index (χ3n) is 17.1. The Labute approximate surface area is 467 Å². The summed E-state index contributed by atoms with van der Waals surface area (Å²) >= 11 is 0. The van der Waals surface area contributed by atoms with Crippen LogP contribution in [0.1, 0.15) is 146 Å². The minimum Gasteiger partial charge on any atom is -0.481 e. The molecule has 2 heterocycles. The Morgan fingerprint density at radius 3 is 1.20 bits per heavy atom. The van der Waals surface area contributed by atoms with Gasteiger partial charge in [-0.2, -0.15) is 0 Å². The number of methoxy groups -OCH3 is 1. The van der Waals surface area contributed by atoms with E-state index in [1.807, 2.05) is 37.3 Å². The summed E-state index contributed by atoms with van der Waals surface area (Å²) in [5, 5.41) is 30.7. The number of benzene rings is 6. The highest BCUT2D eigenvalue weighted by atomic mass is 19.1. The molecule has 2 fully saturated rings. The molecule has 79 heavy (non-hydrogen) atoms. The van der Waals surface area contributed by atoms with Gasteiger partial charge in [-0.25, -0.2) is 8.78 Å². The van der Waals surface area contributed by atoms with Gasteiger partial charge in [0.05, 0.1) is 31.2 Å². The maximum Gasteiger partial charge on any atom is 0.310 e. The van der Waals surface area contributed by atoms with Crippen LogP contribution in [0.3, 0.4) is 0 Å². The highest BCUT2D eigenvalue weighted by Gasteiger charge is 2.34. The van der Waals surface area contributed by atoms with Crippen molar-refractivity contribution < 1.29 is 47.9 Å². The number of carbonyl (C=O) groups is 2. The van der Waals surface area contributed by atoms with Crippen LogP contribution in [0.25, 0.3) is 34.4 Å². The second-order valence-corrected chi connectivity index (χ2v) is 21.8. The van der Waals surface area contributed by atoms with E-state index >= 15 is 0 Å². The molecule has 2 aliphatic heterocycles. The van der Waals surface area contributed by atoms with E-state index < -0.39 is 34.8 Å². The SMILES string of the molecule is CCC(CC)(c1ccc(/C=C/C2(O)CCOCC2)c(C)c1)c1ccc(-c2ccc(CC(=O)O)c(F)c2)c(C)c1.CCC(CC)(c1ccc(/C=C/C2(O)CCOCC2)c(C)c1)c1ccc(-c2ccc(CC(=O)OC)c(F)c2)c(C)c1. The highest BCUT2D eigenvalue weighted by Crippen LogP contribution is 2.43. The molecule has 0 amide bonds. The average Bonchev–Trinajstić information content (AvgIpc) is 3.55. The molecule has 418 valence electrons. The zero-order chi connectivity index (χ0) is 57.1. The van der Waals surface area contributed by atoms with Crippen molar-refractivity contribution in [2.24, 2.45) is 0 Å². The first-order valence-electron chi connectivity index (χ1n) is 28.0. The summed E-state index contributed by atoms with van der Waals surface area (Å²) in [5.41, 5.74) is 13.6. The molecule has 0 radical (unpaired) electrons. The molecule has 0 bridgehead atoms. The Morgan fingerprint density at radius 1 is 0.532 bits per heavy atom. The van der Waals surface area contributed by atoms with Crippen LogP contribution in [0.2, 0.25) is 0 Å². The maximum absolute atomic E-state index is 14.8. The molecule has 0 atom stereocenters. The fraction of sp³-hybridized carbons (Fsp3) is 0.391. The molecular weight excluding hydrogens is 995 g/mol. The van der Waals surface area contributed by atoms with Crippen molar-refractivity contribution in [2.45, 2.75) is 142 Å². The van der Waals surface area contributed by atoms with Gasteiger partial charge in [0.1, 0.15) is 11.6 Å². The van der Waals surface area contributed by atoms with E-state index in [1.165, 1.54) is 47.1 Å². The molecule has 3 N–H and O–H groups in total. The number of hydrogen-bond donors (Lipinski definition) is 3. The van der Waals surface area contributed by atoms with Crippen LogP contribution in [0.4, 0.5) is 8.78 Å². The largest absolute Gasteiger partial charge is 0.481 e. The number of aliphatic carboxylic acids is 1. The lowest BCUT2D eigenvalue weighted by Gasteiger charge is -2.34. The molecule has 0 aliphatic carbocycles. The third kappa shape index (κ3) is 13.9. The van der Waals surface area contributed by atoms with Crippen molar-refractivity contribution in [3.8, 4) is 22.3 Å². The summed E-state index contributed by atoms with van der Waals surface area (Å²) in [5.74, 6) is -2.41. The van der Waals surface area contributed by atoms with Crippen molar-refractivity contribution in [3.05, 3.63) is 200 Å². The van der Waals surface area contributed by atoms with Crippen LogP contribution in [-0.4, -0.2) is 72.0 Å². The highest BCUT2D eigenvalue weighted by molar-refractivity contribution is 5.75. The number of carboxylic acid groups (broad SMARTS) is 1. The van der Waals surface area contributed by atoms with E-state index in [1.54, 1.807) is 18.2 Å².